The average Bonchev–Trinajstić information content (AvgIpc) is 2.61. The molecule has 0 aliphatic carbocycles. The van der Waals surface area contributed by atoms with Crippen molar-refractivity contribution in [3.05, 3.63) is 59.7 Å². The van der Waals surface area contributed by atoms with Crippen LogP contribution in [0, 0.1) is 12.8 Å². The monoisotopic (exact) mass is 382 g/mol. The van der Waals surface area contributed by atoms with Crippen molar-refractivity contribution in [1.29, 1.82) is 0 Å². The highest BCUT2D eigenvalue weighted by atomic mass is 16.5. The molecule has 154 valence electrons. The first-order chi connectivity index (χ1) is 13.1. The van der Waals surface area contributed by atoms with Gasteiger partial charge >= 0.3 is 0 Å². The predicted molar refractivity (Wildman–Crippen MR) is 119 cm³/mol. The van der Waals surface area contributed by atoms with E-state index in [9.17, 15) is 0 Å². The SMILES string of the molecule is Cc1ccccc1OC(C)(C)CCC(C)(C)Oc1ccc(CCC(C)C)cc1. The van der Waals surface area contributed by atoms with Crippen LogP contribution in [0.25, 0.3) is 0 Å². The number of rotatable bonds is 10. The molecule has 2 rings (SSSR count). The smallest absolute Gasteiger partial charge is 0.123 e. The van der Waals surface area contributed by atoms with Gasteiger partial charge in [0, 0.05) is 0 Å². The van der Waals surface area contributed by atoms with E-state index in [2.05, 4.69) is 78.8 Å². The summed E-state index contributed by atoms with van der Waals surface area (Å²) < 4.78 is 12.6. The van der Waals surface area contributed by atoms with Crippen LogP contribution in [0.3, 0.4) is 0 Å². The Balaban J connectivity index is 1.89. The maximum absolute atomic E-state index is 6.30. The van der Waals surface area contributed by atoms with Crippen molar-refractivity contribution >= 4 is 0 Å². The van der Waals surface area contributed by atoms with E-state index in [4.69, 9.17) is 9.47 Å². The van der Waals surface area contributed by atoms with Crippen LogP contribution in [0.15, 0.2) is 48.5 Å². The van der Waals surface area contributed by atoms with Gasteiger partial charge in [-0.1, -0.05) is 44.2 Å². The Morgan fingerprint density at radius 3 is 1.93 bits per heavy atom. The standard InChI is InChI=1S/C26H38O2/c1-20(2)12-13-22-14-16-23(17-15-22)27-25(4,5)18-19-26(6,7)28-24-11-9-8-10-21(24)3/h8-11,14-17,20H,12-13,18-19H2,1-7H3. The van der Waals surface area contributed by atoms with Crippen LogP contribution in [0.4, 0.5) is 0 Å². The largest absolute Gasteiger partial charge is 0.488 e. The molecule has 0 fully saturated rings. The van der Waals surface area contributed by atoms with Crippen molar-refractivity contribution in [2.45, 2.75) is 85.4 Å². The predicted octanol–water partition coefficient (Wildman–Crippen LogP) is 7.38. The first kappa shape index (κ1) is 22.3. The molecular weight excluding hydrogens is 344 g/mol. The van der Waals surface area contributed by atoms with Crippen molar-refractivity contribution in [2.24, 2.45) is 5.92 Å². The molecule has 0 saturated carbocycles. The highest BCUT2D eigenvalue weighted by Crippen LogP contribution is 2.29. The van der Waals surface area contributed by atoms with Gasteiger partial charge in [0.25, 0.3) is 0 Å². The number of benzene rings is 2. The van der Waals surface area contributed by atoms with E-state index < -0.39 is 0 Å². The molecule has 2 aromatic carbocycles. The molecule has 0 aliphatic rings. The fourth-order valence-electron chi connectivity index (χ4n) is 3.17. The van der Waals surface area contributed by atoms with Gasteiger partial charge in [0.15, 0.2) is 0 Å². The summed E-state index contributed by atoms with van der Waals surface area (Å²) in [5.41, 5.74) is 2.06. The minimum absolute atomic E-state index is 0.243. The summed E-state index contributed by atoms with van der Waals surface area (Å²) in [6, 6.07) is 16.8. The highest BCUT2D eigenvalue weighted by Gasteiger charge is 2.27. The summed E-state index contributed by atoms with van der Waals surface area (Å²) in [4.78, 5) is 0. The van der Waals surface area contributed by atoms with Gasteiger partial charge in [0.05, 0.1) is 0 Å². The van der Waals surface area contributed by atoms with Crippen molar-refractivity contribution < 1.29 is 9.47 Å². The molecule has 0 aromatic heterocycles. The summed E-state index contributed by atoms with van der Waals surface area (Å²) in [6.45, 7) is 15.2. The fraction of sp³-hybridized carbons (Fsp3) is 0.538. The van der Waals surface area contributed by atoms with Gasteiger partial charge < -0.3 is 9.47 Å². The van der Waals surface area contributed by atoms with Gasteiger partial charge in [-0.25, -0.2) is 0 Å². The lowest BCUT2D eigenvalue weighted by atomic mass is 9.93. The number of aryl methyl sites for hydroxylation is 2. The Kier molecular flexibility index (Phi) is 7.57. The van der Waals surface area contributed by atoms with Gasteiger partial charge in [-0.3, -0.25) is 0 Å². The summed E-state index contributed by atoms with van der Waals surface area (Å²) in [5, 5.41) is 0. The molecule has 28 heavy (non-hydrogen) atoms. The topological polar surface area (TPSA) is 18.5 Å². The molecule has 0 spiro atoms. The molecule has 2 nitrogen and oxygen atoms in total. The first-order valence-electron chi connectivity index (χ1n) is 10.6. The molecule has 0 atom stereocenters. The summed E-state index contributed by atoms with van der Waals surface area (Å²) in [7, 11) is 0. The zero-order chi connectivity index (χ0) is 20.8. The fourth-order valence-corrected chi connectivity index (χ4v) is 3.17. The van der Waals surface area contributed by atoms with E-state index in [-0.39, 0.29) is 11.2 Å². The molecule has 0 bridgehead atoms. The van der Waals surface area contributed by atoms with E-state index in [1.807, 2.05) is 18.2 Å². The number of para-hydroxylation sites is 1. The van der Waals surface area contributed by atoms with E-state index in [0.29, 0.717) is 0 Å². The Morgan fingerprint density at radius 1 is 0.786 bits per heavy atom. The van der Waals surface area contributed by atoms with E-state index in [0.717, 1.165) is 36.7 Å². The van der Waals surface area contributed by atoms with Crippen LogP contribution in [0.1, 0.15) is 71.9 Å². The van der Waals surface area contributed by atoms with Crippen molar-refractivity contribution in [2.75, 3.05) is 0 Å². The van der Waals surface area contributed by atoms with Crippen LogP contribution in [0.2, 0.25) is 0 Å². The Labute approximate surface area is 172 Å². The molecule has 0 saturated heterocycles. The number of ether oxygens (including phenoxy) is 2. The van der Waals surface area contributed by atoms with Gasteiger partial charge in [-0.15, -0.1) is 0 Å². The number of hydrogen-bond donors (Lipinski definition) is 0. The van der Waals surface area contributed by atoms with Crippen molar-refractivity contribution in [1.82, 2.24) is 0 Å². The normalized spacial score (nSPS) is 12.3. The van der Waals surface area contributed by atoms with E-state index >= 15 is 0 Å². The van der Waals surface area contributed by atoms with Gasteiger partial charge in [0.1, 0.15) is 22.7 Å². The first-order valence-corrected chi connectivity index (χ1v) is 10.6. The Morgan fingerprint density at radius 2 is 1.36 bits per heavy atom. The molecular formula is C26H38O2. The van der Waals surface area contributed by atoms with Gasteiger partial charge in [0.2, 0.25) is 0 Å². The van der Waals surface area contributed by atoms with Gasteiger partial charge in [-0.2, -0.15) is 0 Å². The van der Waals surface area contributed by atoms with Crippen molar-refractivity contribution in [3.63, 3.8) is 0 Å². The third-order valence-corrected chi connectivity index (χ3v) is 5.14. The Bertz CT molecular complexity index is 726. The lowest BCUT2D eigenvalue weighted by Crippen LogP contribution is -2.35. The second-order valence-electron chi connectivity index (χ2n) is 9.57. The summed E-state index contributed by atoms with van der Waals surface area (Å²) >= 11 is 0. The molecule has 2 heteroatoms. The lowest BCUT2D eigenvalue weighted by molar-refractivity contribution is 0.0447. The minimum atomic E-state index is -0.244. The zero-order valence-corrected chi connectivity index (χ0v) is 18.8. The second kappa shape index (κ2) is 9.49. The highest BCUT2D eigenvalue weighted by molar-refractivity contribution is 5.32. The van der Waals surface area contributed by atoms with Crippen LogP contribution in [0.5, 0.6) is 11.5 Å². The molecule has 0 radical (unpaired) electrons. The minimum Gasteiger partial charge on any atom is -0.488 e. The third kappa shape index (κ3) is 7.58. The maximum atomic E-state index is 6.30. The van der Waals surface area contributed by atoms with Crippen LogP contribution in [-0.2, 0) is 6.42 Å². The van der Waals surface area contributed by atoms with E-state index in [1.165, 1.54) is 17.5 Å². The summed E-state index contributed by atoms with van der Waals surface area (Å²) in [5.74, 6) is 2.64. The van der Waals surface area contributed by atoms with Crippen molar-refractivity contribution in [3.8, 4) is 11.5 Å². The molecule has 0 unspecified atom stereocenters. The van der Waals surface area contributed by atoms with Crippen LogP contribution in [-0.4, -0.2) is 11.2 Å². The molecule has 0 amide bonds. The van der Waals surface area contributed by atoms with Crippen LogP contribution < -0.4 is 9.47 Å². The zero-order valence-electron chi connectivity index (χ0n) is 18.8. The second-order valence-corrected chi connectivity index (χ2v) is 9.57. The molecule has 0 heterocycles. The maximum Gasteiger partial charge on any atom is 0.123 e. The lowest BCUT2D eigenvalue weighted by Gasteiger charge is -2.33. The van der Waals surface area contributed by atoms with E-state index in [1.54, 1.807) is 0 Å². The molecule has 0 aliphatic heterocycles. The molecule has 2 aromatic rings. The quantitative estimate of drug-likeness (QED) is 0.427. The van der Waals surface area contributed by atoms with Crippen LogP contribution >= 0.6 is 0 Å². The van der Waals surface area contributed by atoms with Gasteiger partial charge in [-0.05, 0) is 95.5 Å². The molecule has 0 N–H and O–H groups in total. The Hall–Kier alpha value is -1.96. The average molecular weight is 383 g/mol. The third-order valence-electron chi connectivity index (χ3n) is 5.14. The summed E-state index contributed by atoms with van der Waals surface area (Å²) in [6.07, 6.45) is 4.19. The number of hydrogen-bond acceptors (Lipinski definition) is 2.